The third-order valence-corrected chi connectivity index (χ3v) is 5.77. The lowest BCUT2D eigenvalue weighted by molar-refractivity contribution is 0.0941. The monoisotopic (exact) mass is 416 g/mol. The first-order chi connectivity index (χ1) is 14.9. The van der Waals surface area contributed by atoms with E-state index >= 15 is 0 Å². The van der Waals surface area contributed by atoms with Crippen LogP contribution in [0.1, 0.15) is 58.6 Å². The molecule has 1 N–H and O–H groups in total. The predicted molar refractivity (Wildman–Crippen MR) is 121 cm³/mol. The number of aryl methyl sites for hydroxylation is 3. The van der Waals surface area contributed by atoms with E-state index in [0.29, 0.717) is 12.1 Å². The summed E-state index contributed by atoms with van der Waals surface area (Å²) in [6.07, 6.45) is 1.77. The number of benzene rings is 1. The Morgan fingerprint density at radius 3 is 2.58 bits per heavy atom. The third kappa shape index (κ3) is 3.95. The first-order valence-electron chi connectivity index (χ1n) is 10.6. The van der Waals surface area contributed by atoms with Gasteiger partial charge in [0.2, 0.25) is 0 Å². The van der Waals surface area contributed by atoms with Crippen molar-refractivity contribution in [1.29, 1.82) is 0 Å². The van der Waals surface area contributed by atoms with Crippen molar-refractivity contribution >= 4 is 16.8 Å². The zero-order valence-corrected chi connectivity index (χ0v) is 18.7. The number of carbonyl (C=O) groups excluding carboxylic acids is 1. The molecule has 0 aliphatic heterocycles. The van der Waals surface area contributed by atoms with Crippen LogP contribution in [0.5, 0.6) is 0 Å². The third-order valence-electron chi connectivity index (χ3n) is 5.77. The number of nitrogens with zero attached hydrogens (tertiary/aromatic N) is 5. The highest BCUT2D eigenvalue weighted by molar-refractivity contribution is 6.06. The van der Waals surface area contributed by atoms with E-state index in [9.17, 15) is 4.79 Å². The molecule has 0 radical (unpaired) electrons. The molecule has 4 aromatic rings. The normalized spacial score (nSPS) is 12.3. The number of hydrogen-bond acceptors (Lipinski definition) is 4. The highest BCUT2D eigenvalue weighted by atomic mass is 16.1. The Hall–Kier alpha value is -3.48. The Bertz CT molecular complexity index is 1250. The summed E-state index contributed by atoms with van der Waals surface area (Å²) in [5.74, 6) is -0.118. The summed E-state index contributed by atoms with van der Waals surface area (Å²) in [6.45, 7) is 11.4. The number of rotatable bonds is 6. The molecule has 4 rings (SSSR count). The molecular weight excluding hydrogens is 388 g/mol. The predicted octanol–water partition coefficient (Wildman–Crippen LogP) is 4.11. The fraction of sp³-hybridized carbons (Fsp3) is 0.333. The standard InChI is InChI=1S/C24H28N6O/c1-6-29-18(5)23(17(4)28-29)16(3)26-24(31)21-13-19(14-30-15(2)11-12-25-30)27-22-10-8-7-9-20(21)22/h7-13,16H,6,14H2,1-5H3,(H,26,31). The fourth-order valence-corrected chi connectivity index (χ4v) is 4.21. The van der Waals surface area contributed by atoms with Gasteiger partial charge in [-0.15, -0.1) is 0 Å². The number of hydrogen-bond donors (Lipinski definition) is 1. The molecular formula is C24H28N6O. The number of carbonyl (C=O) groups is 1. The van der Waals surface area contributed by atoms with Crippen LogP contribution in [0, 0.1) is 20.8 Å². The largest absolute Gasteiger partial charge is 0.345 e. The van der Waals surface area contributed by atoms with Crippen molar-refractivity contribution in [1.82, 2.24) is 29.9 Å². The Labute approximate surface area is 182 Å². The van der Waals surface area contributed by atoms with Gasteiger partial charge < -0.3 is 5.32 Å². The molecule has 0 aliphatic rings. The Kier molecular flexibility index (Phi) is 5.59. The minimum Gasteiger partial charge on any atom is -0.345 e. The van der Waals surface area contributed by atoms with Gasteiger partial charge in [0.05, 0.1) is 35.1 Å². The Morgan fingerprint density at radius 2 is 1.90 bits per heavy atom. The van der Waals surface area contributed by atoms with Gasteiger partial charge in [0, 0.05) is 35.1 Å². The molecule has 0 bridgehead atoms. The molecule has 0 saturated heterocycles. The molecule has 7 heteroatoms. The van der Waals surface area contributed by atoms with Crippen LogP contribution >= 0.6 is 0 Å². The molecule has 160 valence electrons. The minimum atomic E-state index is -0.156. The number of fused-ring (bicyclic) bond motifs is 1. The van der Waals surface area contributed by atoms with Gasteiger partial charge in [-0.05, 0) is 52.8 Å². The summed E-state index contributed by atoms with van der Waals surface area (Å²) in [7, 11) is 0. The molecule has 0 aliphatic carbocycles. The van der Waals surface area contributed by atoms with Crippen LogP contribution in [0.25, 0.3) is 10.9 Å². The first-order valence-corrected chi connectivity index (χ1v) is 10.6. The van der Waals surface area contributed by atoms with Gasteiger partial charge in [0.1, 0.15) is 0 Å². The van der Waals surface area contributed by atoms with E-state index < -0.39 is 0 Å². The molecule has 3 heterocycles. The molecule has 7 nitrogen and oxygen atoms in total. The van der Waals surface area contributed by atoms with E-state index in [1.807, 2.05) is 73.5 Å². The second-order valence-corrected chi connectivity index (χ2v) is 7.90. The van der Waals surface area contributed by atoms with E-state index in [2.05, 4.69) is 22.4 Å². The summed E-state index contributed by atoms with van der Waals surface area (Å²) in [5, 5.41) is 13.0. The summed E-state index contributed by atoms with van der Waals surface area (Å²) < 4.78 is 3.85. The minimum absolute atomic E-state index is 0.118. The molecule has 0 fully saturated rings. The lowest BCUT2D eigenvalue weighted by atomic mass is 10.0. The maximum absolute atomic E-state index is 13.4. The zero-order chi connectivity index (χ0) is 22.1. The highest BCUT2D eigenvalue weighted by Crippen LogP contribution is 2.24. The number of amides is 1. The number of pyridine rings is 1. The average molecular weight is 417 g/mol. The smallest absolute Gasteiger partial charge is 0.252 e. The lowest BCUT2D eigenvalue weighted by Crippen LogP contribution is -2.28. The summed E-state index contributed by atoms with van der Waals surface area (Å²) >= 11 is 0. The number of nitrogens with one attached hydrogen (secondary N) is 1. The SMILES string of the molecule is CCn1nc(C)c(C(C)NC(=O)c2cc(Cn3nccc3C)nc3ccccc23)c1C. The van der Waals surface area contributed by atoms with Crippen molar-refractivity contribution in [2.75, 3.05) is 0 Å². The van der Waals surface area contributed by atoms with Gasteiger partial charge in [-0.3, -0.25) is 19.1 Å². The van der Waals surface area contributed by atoms with Crippen molar-refractivity contribution in [3.63, 3.8) is 0 Å². The number of para-hydroxylation sites is 1. The van der Waals surface area contributed by atoms with Crippen molar-refractivity contribution in [2.24, 2.45) is 0 Å². The van der Waals surface area contributed by atoms with Crippen molar-refractivity contribution < 1.29 is 4.79 Å². The van der Waals surface area contributed by atoms with Gasteiger partial charge in [0.25, 0.3) is 5.91 Å². The first kappa shape index (κ1) is 20.8. The molecule has 1 unspecified atom stereocenters. The molecule has 31 heavy (non-hydrogen) atoms. The van der Waals surface area contributed by atoms with Gasteiger partial charge in [-0.25, -0.2) is 0 Å². The highest BCUT2D eigenvalue weighted by Gasteiger charge is 2.21. The number of aromatic nitrogens is 5. The van der Waals surface area contributed by atoms with Crippen LogP contribution in [-0.4, -0.2) is 30.5 Å². The molecule has 1 aromatic carbocycles. The van der Waals surface area contributed by atoms with Gasteiger partial charge in [0.15, 0.2) is 0 Å². The Morgan fingerprint density at radius 1 is 1.13 bits per heavy atom. The summed E-state index contributed by atoms with van der Waals surface area (Å²) in [5.41, 5.74) is 6.37. The fourth-order valence-electron chi connectivity index (χ4n) is 4.21. The van der Waals surface area contributed by atoms with Crippen LogP contribution in [0.4, 0.5) is 0 Å². The van der Waals surface area contributed by atoms with E-state index in [4.69, 9.17) is 4.98 Å². The van der Waals surface area contributed by atoms with E-state index in [-0.39, 0.29) is 11.9 Å². The molecule has 3 aromatic heterocycles. The van der Waals surface area contributed by atoms with Crippen LogP contribution in [-0.2, 0) is 13.1 Å². The quantitative estimate of drug-likeness (QED) is 0.513. The molecule has 1 amide bonds. The van der Waals surface area contributed by atoms with Crippen molar-refractivity contribution in [3.05, 3.63) is 76.5 Å². The van der Waals surface area contributed by atoms with Crippen LogP contribution in [0.3, 0.4) is 0 Å². The maximum Gasteiger partial charge on any atom is 0.252 e. The van der Waals surface area contributed by atoms with Crippen molar-refractivity contribution in [3.8, 4) is 0 Å². The molecule has 0 saturated carbocycles. The van der Waals surface area contributed by atoms with Crippen molar-refractivity contribution in [2.45, 2.75) is 53.8 Å². The summed E-state index contributed by atoms with van der Waals surface area (Å²) in [6, 6.07) is 11.4. The topological polar surface area (TPSA) is 77.6 Å². The van der Waals surface area contributed by atoms with Crippen LogP contribution in [0.15, 0.2) is 42.6 Å². The van der Waals surface area contributed by atoms with E-state index in [0.717, 1.165) is 45.8 Å². The molecule has 0 spiro atoms. The van der Waals surface area contributed by atoms with Gasteiger partial charge >= 0.3 is 0 Å². The molecule has 1 atom stereocenters. The van der Waals surface area contributed by atoms with Gasteiger partial charge in [-0.1, -0.05) is 18.2 Å². The zero-order valence-electron chi connectivity index (χ0n) is 18.7. The van der Waals surface area contributed by atoms with E-state index in [1.54, 1.807) is 6.20 Å². The maximum atomic E-state index is 13.4. The lowest BCUT2D eigenvalue weighted by Gasteiger charge is -2.17. The summed E-state index contributed by atoms with van der Waals surface area (Å²) in [4.78, 5) is 18.1. The average Bonchev–Trinajstić information content (AvgIpc) is 3.28. The second-order valence-electron chi connectivity index (χ2n) is 7.90. The second kappa shape index (κ2) is 8.34. The van der Waals surface area contributed by atoms with Crippen LogP contribution in [0.2, 0.25) is 0 Å². The van der Waals surface area contributed by atoms with E-state index in [1.165, 1.54) is 0 Å². The van der Waals surface area contributed by atoms with Gasteiger partial charge in [-0.2, -0.15) is 10.2 Å². The Balaban J connectivity index is 1.68. The van der Waals surface area contributed by atoms with Crippen LogP contribution < -0.4 is 5.32 Å².